The molecule has 0 aliphatic heterocycles. The third-order valence-electron chi connectivity index (χ3n) is 4.06. The molecule has 1 aliphatic carbocycles. The van der Waals surface area contributed by atoms with Crippen molar-refractivity contribution in [2.75, 3.05) is 6.54 Å². The van der Waals surface area contributed by atoms with E-state index in [0.29, 0.717) is 0 Å². The van der Waals surface area contributed by atoms with E-state index in [1.54, 1.807) is 5.56 Å². The van der Waals surface area contributed by atoms with E-state index in [1.807, 2.05) is 11.3 Å². The molecule has 0 amide bonds. The zero-order valence-corrected chi connectivity index (χ0v) is 11.8. The first kappa shape index (κ1) is 12.2. The van der Waals surface area contributed by atoms with E-state index >= 15 is 0 Å². The molecule has 18 heavy (non-hydrogen) atoms. The van der Waals surface area contributed by atoms with Crippen LogP contribution in [0, 0.1) is 0 Å². The fraction of sp³-hybridized carbons (Fsp3) is 0.500. The van der Waals surface area contributed by atoms with Gasteiger partial charge in [0.2, 0.25) is 0 Å². The van der Waals surface area contributed by atoms with Crippen molar-refractivity contribution in [3.63, 3.8) is 0 Å². The number of rotatable bonds is 4. The minimum absolute atomic E-state index is 0.741. The highest BCUT2D eigenvalue weighted by atomic mass is 32.1. The van der Waals surface area contributed by atoms with Gasteiger partial charge in [0, 0.05) is 10.7 Å². The average Bonchev–Trinajstić information content (AvgIpc) is 3.04. The average molecular weight is 259 g/mol. The van der Waals surface area contributed by atoms with Crippen LogP contribution in [0.2, 0.25) is 0 Å². The molecule has 0 bridgehead atoms. The molecule has 0 spiro atoms. The van der Waals surface area contributed by atoms with Crippen molar-refractivity contribution in [3.8, 4) is 0 Å². The van der Waals surface area contributed by atoms with Gasteiger partial charge in [0.1, 0.15) is 0 Å². The molecule has 1 aliphatic rings. The maximum Gasteiger partial charge on any atom is 0.0377 e. The van der Waals surface area contributed by atoms with Gasteiger partial charge in [-0.25, -0.2) is 0 Å². The second-order valence-electron chi connectivity index (χ2n) is 5.35. The van der Waals surface area contributed by atoms with Gasteiger partial charge in [-0.1, -0.05) is 25.1 Å². The zero-order chi connectivity index (χ0) is 12.4. The van der Waals surface area contributed by atoms with Crippen molar-refractivity contribution in [1.82, 2.24) is 5.32 Å². The van der Waals surface area contributed by atoms with Crippen LogP contribution in [0.3, 0.4) is 0 Å². The van der Waals surface area contributed by atoms with Gasteiger partial charge in [-0.2, -0.15) is 0 Å². The number of nitrogens with one attached hydrogen (secondary N) is 1. The first-order chi connectivity index (χ1) is 8.88. The van der Waals surface area contributed by atoms with E-state index in [2.05, 4.69) is 41.9 Å². The Hall–Kier alpha value is -0.860. The number of benzene rings is 1. The zero-order valence-electron chi connectivity index (χ0n) is 11.0. The summed E-state index contributed by atoms with van der Waals surface area (Å²) in [7, 11) is 0. The normalized spacial score (nSPS) is 23.8. The van der Waals surface area contributed by atoms with Gasteiger partial charge in [-0.15, -0.1) is 11.3 Å². The molecular formula is C16H21NS. The summed E-state index contributed by atoms with van der Waals surface area (Å²) in [6.07, 6.45) is 5.24. The minimum Gasteiger partial charge on any atom is -0.314 e. The van der Waals surface area contributed by atoms with E-state index in [-0.39, 0.29) is 0 Å². The largest absolute Gasteiger partial charge is 0.314 e. The monoisotopic (exact) mass is 259 g/mol. The van der Waals surface area contributed by atoms with Gasteiger partial charge in [-0.3, -0.25) is 0 Å². The van der Waals surface area contributed by atoms with Crippen molar-refractivity contribution < 1.29 is 0 Å². The maximum absolute atomic E-state index is 3.68. The fourth-order valence-corrected chi connectivity index (χ4v) is 4.13. The Morgan fingerprint density at radius 3 is 3.11 bits per heavy atom. The molecule has 1 fully saturated rings. The summed E-state index contributed by atoms with van der Waals surface area (Å²) in [6, 6.07) is 9.77. The summed E-state index contributed by atoms with van der Waals surface area (Å²) >= 11 is 1.90. The highest BCUT2D eigenvalue weighted by Gasteiger charge is 2.26. The standard InChI is InChI=1S/C16H21NS/c1-2-9-17-14-7-6-13(11-14)15-5-3-4-12-8-10-18-16(12)15/h3-5,8,10,13-14,17H,2,6-7,9,11H2,1H3. The van der Waals surface area contributed by atoms with Crippen molar-refractivity contribution in [2.24, 2.45) is 0 Å². The Morgan fingerprint density at radius 1 is 1.28 bits per heavy atom. The molecule has 2 aromatic rings. The third-order valence-corrected chi connectivity index (χ3v) is 5.04. The Morgan fingerprint density at radius 2 is 2.22 bits per heavy atom. The molecule has 0 saturated heterocycles. The van der Waals surface area contributed by atoms with Gasteiger partial charge >= 0.3 is 0 Å². The number of hydrogen-bond donors (Lipinski definition) is 1. The number of fused-ring (bicyclic) bond motifs is 1. The van der Waals surface area contributed by atoms with Gasteiger partial charge in [-0.05, 0) is 60.5 Å². The molecular weight excluding hydrogens is 238 g/mol. The molecule has 1 N–H and O–H groups in total. The second-order valence-corrected chi connectivity index (χ2v) is 6.26. The Labute approximate surface area is 113 Å². The lowest BCUT2D eigenvalue weighted by atomic mass is 9.96. The molecule has 2 atom stereocenters. The molecule has 1 saturated carbocycles. The molecule has 1 heterocycles. The summed E-state index contributed by atoms with van der Waals surface area (Å²) in [4.78, 5) is 0. The quantitative estimate of drug-likeness (QED) is 0.850. The van der Waals surface area contributed by atoms with Gasteiger partial charge in [0.15, 0.2) is 0 Å². The minimum atomic E-state index is 0.741. The molecule has 0 radical (unpaired) electrons. The van der Waals surface area contributed by atoms with Crippen molar-refractivity contribution in [1.29, 1.82) is 0 Å². The summed E-state index contributed by atoms with van der Waals surface area (Å²) in [5.74, 6) is 0.765. The topological polar surface area (TPSA) is 12.0 Å². The molecule has 2 heteroatoms. The maximum atomic E-state index is 3.68. The Balaban J connectivity index is 1.78. The first-order valence-corrected chi connectivity index (χ1v) is 7.96. The van der Waals surface area contributed by atoms with Gasteiger partial charge < -0.3 is 5.32 Å². The van der Waals surface area contributed by atoms with Gasteiger partial charge in [0.25, 0.3) is 0 Å². The molecule has 2 unspecified atom stereocenters. The van der Waals surface area contributed by atoms with Crippen LogP contribution in [0.15, 0.2) is 29.6 Å². The molecule has 1 nitrogen and oxygen atoms in total. The van der Waals surface area contributed by atoms with Crippen LogP contribution in [0.25, 0.3) is 10.1 Å². The number of hydrogen-bond acceptors (Lipinski definition) is 2. The smallest absolute Gasteiger partial charge is 0.0377 e. The van der Waals surface area contributed by atoms with Crippen LogP contribution >= 0.6 is 11.3 Å². The predicted molar refractivity (Wildman–Crippen MR) is 80.5 cm³/mol. The predicted octanol–water partition coefficient (Wildman–Crippen LogP) is 4.54. The fourth-order valence-electron chi connectivity index (χ4n) is 3.14. The number of thiophene rings is 1. The van der Waals surface area contributed by atoms with Crippen molar-refractivity contribution >= 4 is 21.4 Å². The second kappa shape index (κ2) is 5.41. The lowest BCUT2D eigenvalue weighted by Crippen LogP contribution is -2.26. The van der Waals surface area contributed by atoms with Crippen LogP contribution in [-0.4, -0.2) is 12.6 Å². The van der Waals surface area contributed by atoms with Crippen LogP contribution in [0.4, 0.5) is 0 Å². The summed E-state index contributed by atoms with van der Waals surface area (Å²) in [6.45, 7) is 3.41. The highest BCUT2D eigenvalue weighted by molar-refractivity contribution is 7.17. The summed E-state index contributed by atoms with van der Waals surface area (Å²) < 4.78 is 1.51. The highest BCUT2D eigenvalue weighted by Crippen LogP contribution is 2.39. The van der Waals surface area contributed by atoms with Crippen LogP contribution in [0.5, 0.6) is 0 Å². The lowest BCUT2D eigenvalue weighted by molar-refractivity contribution is 0.517. The first-order valence-electron chi connectivity index (χ1n) is 7.08. The summed E-state index contributed by atoms with van der Waals surface area (Å²) in [5.41, 5.74) is 1.59. The Kier molecular flexibility index (Phi) is 3.67. The third kappa shape index (κ3) is 2.32. The van der Waals surface area contributed by atoms with Crippen molar-refractivity contribution in [2.45, 2.75) is 44.6 Å². The van der Waals surface area contributed by atoms with Crippen LogP contribution < -0.4 is 5.32 Å². The lowest BCUT2D eigenvalue weighted by Gasteiger charge is -2.13. The summed E-state index contributed by atoms with van der Waals surface area (Å²) in [5, 5.41) is 7.31. The molecule has 3 rings (SSSR count). The SMILES string of the molecule is CCCNC1CCC(c2cccc3ccsc23)C1. The molecule has 1 aromatic heterocycles. The molecule has 1 aromatic carbocycles. The van der Waals surface area contributed by atoms with Crippen LogP contribution in [-0.2, 0) is 0 Å². The van der Waals surface area contributed by atoms with E-state index < -0.39 is 0 Å². The van der Waals surface area contributed by atoms with Gasteiger partial charge in [0.05, 0.1) is 0 Å². The van der Waals surface area contributed by atoms with E-state index in [1.165, 1.54) is 42.3 Å². The van der Waals surface area contributed by atoms with Crippen LogP contribution in [0.1, 0.15) is 44.1 Å². The van der Waals surface area contributed by atoms with Crippen molar-refractivity contribution in [3.05, 3.63) is 35.2 Å². The van der Waals surface area contributed by atoms with E-state index in [0.717, 1.165) is 12.0 Å². The van der Waals surface area contributed by atoms with E-state index in [4.69, 9.17) is 0 Å². The van der Waals surface area contributed by atoms with E-state index in [9.17, 15) is 0 Å². The Bertz CT molecular complexity index is 517. The molecule has 96 valence electrons.